The van der Waals surface area contributed by atoms with Crippen molar-refractivity contribution < 1.29 is 23.8 Å². The van der Waals surface area contributed by atoms with Gasteiger partial charge in [-0.15, -0.1) is 0 Å². The first-order valence-electron chi connectivity index (χ1n) is 9.26. The van der Waals surface area contributed by atoms with Crippen LogP contribution in [0.3, 0.4) is 0 Å². The Kier molecular flexibility index (Phi) is 5.22. The first kappa shape index (κ1) is 19.3. The minimum absolute atomic E-state index is 0.0778. The number of ether oxygens (including phenoxy) is 2. The number of benzene rings is 3. The van der Waals surface area contributed by atoms with Gasteiger partial charge in [-0.05, 0) is 29.8 Å². The summed E-state index contributed by atoms with van der Waals surface area (Å²) in [5.41, 5.74) is 1.46. The standard InChI is InChI=1S/C24H18O6/c1-15(25)29-22-11-19(28-14-16-5-3-2-4-6-16)12-23-24(22)20(27)13-21(30-23)17-7-9-18(26)10-8-17/h2-13,26H,14H2,1H3. The summed E-state index contributed by atoms with van der Waals surface area (Å²) in [6, 6.07) is 20.3. The molecule has 0 radical (unpaired) electrons. The van der Waals surface area contributed by atoms with Gasteiger partial charge in [0.2, 0.25) is 0 Å². The molecule has 30 heavy (non-hydrogen) atoms. The van der Waals surface area contributed by atoms with E-state index in [1.165, 1.54) is 31.2 Å². The van der Waals surface area contributed by atoms with Crippen molar-refractivity contribution in [3.05, 3.63) is 88.6 Å². The maximum absolute atomic E-state index is 12.8. The van der Waals surface area contributed by atoms with Crippen molar-refractivity contribution in [2.24, 2.45) is 0 Å². The van der Waals surface area contributed by atoms with Gasteiger partial charge in [0.1, 0.15) is 40.6 Å². The second-order valence-corrected chi connectivity index (χ2v) is 6.68. The van der Waals surface area contributed by atoms with Crippen molar-refractivity contribution >= 4 is 16.9 Å². The second-order valence-electron chi connectivity index (χ2n) is 6.68. The maximum Gasteiger partial charge on any atom is 0.308 e. The highest BCUT2D eigenvalue weighted by Gasteiger charge is 2.16. The molecular weight excluding hydrogens is 384 g/mol. The first-order valence-corrected chi connectivity index (χ1v) is 9.26. The van der Waals surface area contributed by atoms with E-state index in [0.29, 0.717) is 23.7 Å². The highest BCUT2D eigenvalue weighted by molar-refractivity contribution is 5.88. The van der Waals surface area contributed by atoms with Crippen molar-refractivity contribution in [1.29, 1.82) is 0 Å². The largest absolute Gasteiger partial charge is 0.508 e. The monoisotopic (exact) mass is 402 g/mol. The molecule has 6 nitrogen and oxygen atoms in total. The van der Waals surface area contributed by atoms with Crippen LogP contribution in [0.25, 0.3) is 22.3 Å². The molecule has 0 saturated heterocycles. The fraction of sp³-hybridized carbons (Fsp3) is 0.0833. The van der Waals surface area contributed by atoms with Crippen LogP contribution in [0, 0.1) is 0 Å². The van der Waals surface area contributed by atoms with Gasteiger partial charge in [0, 0.05) is 30.7 Å². The molecule has 0 aliphatic rings. The summed E-state index contributed by atoms with van der Waals surface area (Å²) < 4.78 is 17.0. The average Bonchev–Trinajstić information content (AvgIpc) is 2.72. The van der Waals surface area contributed by atoms with Crippen LogP contribution in [-0.2, 0) is 11.4 Å². The van der Waals surface area contributed by atoms with Gasteiger partial charge in [0.15, 0.2) is 5.43 Å². The number of phenols is 1. The van der Waals surface area contributed by atoms with E-state index in [1.807, 2.05) is 30.3 Å². The van der Waals surface area contributed by atoms with Crippen molar-refractivity contribution in [3.63, 3.8) is 0 Å². The maximum atomic E-state index is 12.8. The molecule has 3 aromatic carbocycles. The minimum Gasteiger partial charge on any atom is -0.508 e. The summed E-state index contributed by atoms with van der Waals surface area (Å²) >= 11 is 0. The molecule has 0 spiro atoms. The van der Waals surface area contributed by atoms with Gasteiger partial charge in [-0.25, -0.2) is 0 Å². The fourth-order valence-electron chi connectivity index (χ4n) is 3.06. The number of aromatic hydroxyl groups is 1. The molecule has 0 aliphatic carbocycles. The quantitative estimate of drug-likeness (QED) is 0.386. The number of fused-ring (bicyclic) bond motifs is 1. The summed E-state index contributed by atoms with van der Waals surface area (Å²) in [6.45, 7) is 1.56. The Bertz CT molecular complexity index is 1260. The molecule has 0 unspecified atom stereocenters. The first-order chi connectivity index (χ1) is 14.5. The molecule has 0 amide bonds. The number of hydrogen-bond donors (Lipinski definition) is 1. The predicted molar refractivity (Wildman–Crippen MR) is 112 cm³/mol. The summed E-state index contributed by atoms with van der Waals surface area (Å²) in [7, 11) is 0. The summed E-state index contributed by atoms with van der Waals surface area (Å²) in [5.74, 6) is 0.346. The van der Waals surface area contributed by atoms with Crippen molar-refractivity contribution in [2.45, 2.75) is 13.5 Å². The topological polar surface area (TPSA) is 86.0 Å². The molecule has 0 bridgehead atoms. The third-order valence-electron chi connectivity index (χ3n) is 4.42. The molecule has 1 aromatic heterocycles. The van der Waals surface area contributed by atoms with E-state index >= 15 is 0 Å². The van der Waals surface area contributed by atoms with E-state index in [-0.39, 0.29) is 27.9 Å². The van der Waals surface area contributed by atoms with E-state index in [2.05, 4.69) is 0 Å². The van der Waals surface area contributed by atoms with Crippen LogP contribution in [0.1, 0.15) is 12.5 Å². The number of hydrogen-bond acceptors (Lipinski definition) is 6. The van der Waals surface area contributed by atoms with Gasteiger partial charge in [0.25, 0.3) is 0 Å². The number of carbonyl (C=O) groups excluding carboxylic acids is 1. The smallest absolute Gasteiger partial charge is 0.308 e. The van der Waals surface area contributed by atoms with Gasteiger partial charge >= 0.3 is 5.97 Å². The van der Waals surface area contributed by atoms with Gasteiger partial charge in [-0.2, -0.15) is 0 Å². The van der Waals surface area contributed by atoms with E-state index in [0.717, 1.165) is 5.56 Å². The molecule has 1 N–H and O–H groups in total. The molecule has 0 fully saturated rings. The molecule has 0 atom stereocenters. The van der Waals surface area contributed by atoms with Crippen LogP contribution in [0.4, 0.5) is 0 Å². The van der Waals surface area contributed by atoms with E-state index in [9.17, 15) is 14.7 Å². The number of rotatable bonds is 5. The lowest BCUT2D eigenvalue weighted by atomic mass is 10.1. The Morgan fingerprint density at radius 1 is 1.00 bits per heavy atom. The lowest BCUT2D eigenvalue weighted by Gasteiger charge is -2.11. The van der Waals surface area contributed by atoms with Gasteiger partial charge in [-0.1, -0.05) is 30.3 Å². The molecule has 150 valence electrons. The lowest BCUT2D eigenvalue weighted by molar-refractivity contribution is -0.131. The zero-order valence-electron chi connectivity index (χ0n) is 16.1. The van der Waals surface area contributed by atoms with Crippen LogP contribution in [0.5, 0.6) is 17.2 Å². The van der Waals surface area contributed by atoms with E-state index in [4.69, 9.17) is 13.9 Å². The molecular formula is C24H18O6. The van der Waals surface area contributed by atoms with Crippen LogP contribution in [0.2, 0.25) is 0 Å². The molecule has 1 heterocycles. The third-order valence-corrected chi connectivity index (χ3v) is 4.42. The molecule has 0 saturated carbocycles. The van der Waals surface area contributed by atoms with E-state index < -0.39 is 5.97 Å². The summed E-state index contributed by atoms with van der Waals surface area (Å²) in [4.78, 5) is 24.4. The Hall–Kier alpha value is -4.06. The average molecular weight is 402 g/mol. The number of esters is 1. The van der Waals surface area contributed by atoms with Crippen molar-refractivity contribution in [2.75, 3.05) is 0 Å². The number of carbonyl (C=O) groups is 1. The highest BCUT2D eigenvalue weighted by Crippen LogP contribution is 2.32. The SMILES string of the molecule is CC(=O)Oc1cc(OCc2ccccc2)cc2oc(-c3ccc(O)cc3)cc(=O)c12. The molecule has 6 heteroatoms. The Morgan fingerprint density at radius 2 is 1.73 bits per heavy atom. The van der Waals surface area contributed by atoms with E-state index in [1.54, 1.807) is 18.2 Å². The van der Waals surface area contributed by atoms with Crippen molar-refractivity contribution in [1.82, 2.24) is 0 Å². The highest BCUT2D eigenvalue weighted by atomic mass is 16.5. The molecule has 0 aliphatic heterocycles. The lowest BCUT2D eigenvalue weighted by Crippen LogP contribution is -2.08. The predicted octanol–water partition coefficient (Wildman–Crippen LogP) is 4.67. The van der Waals surface area contributed by atoms with Crippen LogP contribution < -0.4 is 14.9 Å². The number of phenolic OH excluding ortho intramolecular Hbond substituents is 1. The Balaban J connectivity index is 1.79. The van der Waals surface area contributed by atoms with Crippen molar-refractivity contribution in [3.8, 4) is 28.6 Å². The van der Waals surface area contributed by atoms with Gasteiger partial charge in [-0.3, -0.25) is 9.59 Å². The van der Waals surface area contributed by atoms with Gasteiger partial charge in [0.05, 0.1) is 0 Å². The van der Waals surface area contributed by atoms with Crippen LogP contribution in [0.15, 0.2) is 82.0 Å². The minimum atomic E-state index is -0.557. The Morgan fingerprint density at radius 3 is 2.43 bits per heavy atom. The third kappa shape index (κ3) is 4.17. The molecule has 4 rings (SSSR count). The van der Waals surface area contributed by atoms with Crippen LogP contribution >= 0.6 is 0 Å². The Labute approximate surface area is 171 Å². The summed E-state index contributed by atoms with van der Waals surface area (Å²) in [5, 5.41) is 9.63. The van der Waals surface area contributed by atoms with Gasteiger partial charge < -0.3 is 19.0 Å². The molecule has 4 aromatic rings. The van der Waals surface area contributed by atoms with Crippen LogP contribution in [-0.4, -0.2) is 11.1 Å². The normalized spacial score (nSPS) is 10.7. The summed E-state index contributed by atoms with van der Waals surface area (Å²) in [6.07, 6.45) is 0. The zero-order chi connectivity index (χ0) is 21.1. The fourth-order valence-corrected chi connectivity index (χ4v) is 3.06. The zero-order valence-corrected chi connectivity index (χ0v) is 16.1. The second kappa shape index (κ2) is 8.13.